The van der Waals surface area contributed by atoms with Crippen molar-refractivity contribution in [3.8, 4) is 0 Å². The summed E-state index contributed by atoms with van der Waals surface area (Å²) in [6, 6.07) is 6.02. The lowest BCUT2D eigenvalue weighted by molar-refractivity contribution is 0.0695. The molecule has 0 saturated carbocycles. The predicted octanol–water partition coefficient (Wildman–Crippen LogP) is 3.43. The molecule has 22 heavy (non-hydrogen) atoms. The molecule has 0 fully saturated rings. The molecule has 0 aliphatic carbocycles. The molecule has 1 aliphatic rings. The van der Waals surface area contributed by atoms with Gasteiger partial charge in [-0.05, 0) is 30.2 Å². The fourth-order valence-corrected chi connectivity index (χ4v) is 3.19. The van der Waals surface area contributed by atoms with E-state index in [-0.39, 0.29) is 0 Å². The molecule has 3 rings (SSSR count). The zero-order chi connectivity index (χ0) is 15.9. The summed E-state index contributed by atoms with van der Waals surface area (Å²) in [4.78, 5) is 18.9. The maximum atomic E-state index is 11.9. The van der Waals surface area contributed by atoms with E-state index in [1.165, 1.54) is 0 Å². The Bertz CT molecular complexity index is 737. The van der Waals surface area contributed by atoms with Gasteiger partial charge in [0.15, 0.2) is 0 Å². The minimum Gasteiger partial charge on any atom is -0.478 e. The van der Waals surface area contributed by atoms with Crippen LogP contribution in [-0.4, -0.2) is 34.0 Å². The molecule has 0 spiro atoms. The van der Waals surface area contributed by atoms with Crippen molar-refractivity contribution in [3.05, 3.63) is 40.6 Å². The molecular formula is C18H22N2O2. The Morgan fingerprint density at radius 1 is 1.41 bits per heavy atom. The Morgan fingerprint density at radius 2 is 2.18 bits per heavy atom. The molecule has 1 aliphatic heterocycles. The number of fused-ring (bicyclic) bond motifs is 2. The van der Waals surface area contributed by atoms with Gasteiger partial charge in [-0.25, -0.2) is 4.79 Å². The van der Waals surface area contributed by atoms with Crippen LogP contribution in [0.4, 0.5) is 0 Å². The van der Waals surface area contributed by atoms with Crippen LogP contribution >= 0.6 is 0 Å². The van der Waals surface area contributed by atoms with Gasteiger partial charge in [0.2, 0.25) is 0 Å². The Kier molecular flexibility index (Phi) is 3.87. The first-order valence-corrected chi connectivity index (χ1v) is 7.92. The van der Waals surface area contributed by atoms with Crippen LogP contribution in [0.5, 0.6) is 0 Å². The number of carboxylic acids is 1. The number of pyridine rings is 1. The van der Waals surface area contributed by atoms with Crippen LogP contribution in [0.3, 0.4) is 0 Å². The smallest absolute Gasteiger partial charge is 0.336 e. The average Bonchev–Trinajstić information content (AvgIpc) is 2.50. The van der Waals surface area contributed by atoms with E-state index in [1.54, 1.807) is 0 Å². The van der Waals surface area contributed by atoms with Crippen LogP contribution in [-0.2, 0) is 13.0 Å². The Hall–Kier alpha value is -1.94. The quantitative estimate of drug-likeness (QED) is 0.943. The number of hydrogen-bond donors (Lipinski definition) is 1. The fraction of sp³-hybridized carbons (Fsp3) is 0.444. The molecule has 0 amide bonds. The molecule has 4 heteroatoms. The van der Waals surface area contributed by atoms with Crippen molar-refractivity contribution < 1.29 is 9.90 Å². The zero-order valence-corrected chi connectivity index (χ0v) is 13.4. The number of rotatable bonds is 3. The van der Waals surface area contributed by atoms with Crippen molar-refractivity contribution in [2.24, 2.45) is 0 Å². The number of aromatic nitrogens is 1. The second-order valence-electron chi connectivity index (χ2n) is 6.27. The van der Waals surface area contributed by atoms with Gasteiger partial charge >= 0.3 is 5.97 Å². The molecule has 2 heterocycles. The zero-order valence-electron chi connectivity index (χ0n) is 13.4. The van der Waals surface area contributed by atoms with Crippen molar-refractivity contribution in [3.63, 3.8) is 0 Å². The summed E-state index contributed by atoms with van der Waals surface area (Å²) < 4.78 is 0. The number of carboxylic acid groups (broad SMARTS) is 1. The lowest BCUT2D eigenvalue weighted by Gasteiger charge is -2.28. The highest BCUT2D eigenvalue weighted by molar-refractivity contribution is 6.04. The van der Waals surface area contributed by atoms with E-state index < -0.39 is 5.97 Å². The summed E-state index contributed by atoms with van der Waals surface area (Å²) in [7, 11) is 0. The summed E-state index contributed by atoms with van der Waals surface area (Å²) in [5.41, 5.74) is 4.24. The van der Waals surface area contributed by atoms with Gasteiger partial charge in [0, 0.05) is 36.2 Å². The van der Waals surface area contributed by atoms with E-state index in [1.807, 2.05) is 12.1 Å². The summed E-state index contributed by atoms with van der Waals surface area (Å²) in [6.07, 6.45) is 0.825. The summed E-state index contributed by atoms with van der Waals surface area (Å²) in [6.45, 7) is 8.91. The Balaban J connectivity index is 2.27. The van der Waals surface area contributed by atoms with Gasteiger partial charge in [-0.3, -0.25) is 9.88 Å². The van der Waals surface area contributed by atoms with Gasteiger partial charge in [0.25, 0.3) is 0 Å². The van der Waals surface area contributed by atoms with Crippen LogP contribution in [0.1, 0.15) is 53.9 Å². The summed E-state index contributed by atoms with van der Waals surface area (Å²) in [5.74, 6) is -0.475. The first kappa shape index (κ1) is 15.0. The average molecular weight is 298 g/mol. The lowest BCUT2D eigenvalue weighted by atomic mass is 9.93. The topological polar surface area (TPSA) is 53.4 Å². The van der Waals surface area contributed by atoms with Crippen LogP contribution in [0, 0.1) is 0 Å². The molecule has 1 N–H and O–H groups in total. The number of carbonyl (C=O) groups is 1. The van der Waals surface area contributed by atoms with Gasteiger partial charge in [-0.1, -0.05) is 26.8 Å². The standard InChI is InChI=1S/C18H22N2O2/c1-4-20-8-7-16-14(10-20)17(18(21)22)13-9-12(11(2)3)5-6-15(13)19-16/h5-6,9,11H,4,7-8,10H2,1-3H3,(H,21,22). The molecular weight excluding hydrogens is 276 g/mol. The third-order valence-electron chi connectivity index (χ3n) is 4.57. The maximum absolute atomic E-state index is 11.9. The molecule has 0 saturated heterocycles. The third-order valence-corrected chi connectivity index (χ3v) is 4.57. The first-order chi connectivity index (χ1) is 10.5. The SMILES string of the molecule is CCN1CCc2nc3ccc(C(C)C)cc3c(C(=O)O)c2C1. The first-order valence-electron chi connectivity index (χ1n) is 7.92. The van der Waals surface area contributed by atoms with E-state index in [2.05, 4.69) is 31.7 Å². The molecule has 1 aromatic heterocycles. The largest absolute Gasteiger partial charge is 0.478 e. The minimum atomic E-state index is -0.845. The van der Waals surface area contributed by atoms with Crippen molar-refractivity contribution in [2.75, 3.05) is 13.1 Å². The lowest BCUT2D eigenvalue weighted by Crippen LogP contribution is -2.32. The monoisotopic (exact) mass is 298 g/mol. The predicted molar refractivity (Wildman–Crippen MR) is 87.4 cm³/mol. The molecule has 0 atom stereocenters. The molecule has 116 valence electrons. The highest BCUT2D eigenvalue weighted by atomic mass is 16.4. The molecule has 0 radical (unpaired) electrons. The van der Waals surface area contributed by atoms with Crippen LogP contribution in [0.15, 0.2) is 18.2 Å². The maximum Gasteiger partial charge on any atom is 0.336 e. The van der Waals surface area contributed by atoms with E-state index >= 15 is 0 Å². The normalized spacial score (nSPS) is 15.3. The Labute approximate surface area is 130 Å². The van der Waals surface area contributed by atoms with Gasteiger partial charge in [0.05, 0.1) is 11.1 Å². The van der Waals surface area contributed by atoms with E-state index in [0.29, 0.717) is 18.0 Å². The number of likely N-dealkylation sites (N-methyl/N-ethyl adjacent to an activating group) is 1. The number of hydrogen-bond acceptors (Lipinski definition) is 3. The van der Waals surface area contributed by atoms with Crippen molar-refractivity contribution in [1.29, 1.82) is 0 Å². The molecule has 1 aromatic carbocycles. The van der Waals surface area contributed by atoms with Crippen LogP contribution in [0.25, 0.3) is 10.9 Å². The van der Waals surface area contributed by atoms with Crippen molar-refractivity contribution in [1.82, 2.24) is 9.88 Å². The van der Waals surface area contributed by atoms with Gasteiger partial charge in [-0.2, -0.15) is 0 Å². The highest BCUT2D eigenvalue weighted by Gasteiger charge is 2.25. The van der Waals surface area contributed by atoms with E-state index in [9.17, 15) is 9.90 Å². The number of aromatic carboxylic acids is 1. The Morgan fingerprint density at radius 3 is 2.82 bits per heavy atom. The second kappa shape index (κ2) is 5.69. The third kappa shape index (κ3) is 2.48. The number of nitrogens with zero attached hydrogens (tertiary/aromatic N) is 2. The van der Waals surface area contributed by atoms with Crippen LogP contribution in [0.2, 0.25) is 0 Å². The summed E-state index contributed by atoms with van der Waals surface area (Å²) in [5, 5.41) is 10.6. The van der Waals surface area contributed by atoms with Gasteiger partial charge in [0.1, 0.15) is 0 Å². The van der Waals surface area contributed by atoms with Gasteiger partial charge < -0.3 is 5.11 Å². The van der Waals surface area contributed by atoms with Crippen LogP contribution < -0.4 is 0 Å². The molecule has 4 nitrogen and oxygen atoms in total. The molecule has 2 aromatic rings. The molecule has 0 bridgehead atoms. The van der Waals surface area contributed by atoms with E-state index in [0.717, 1.165) is 47.2 Å². The molecule has 0 unspecified atom stereocenters. The minimum absolute atomic E-state index is 0.370. The van der Waals surface area contributed by atoms with Crippen molar-refractivity contribution >= 4 is 16.9 Å². The van der Waals surface area contributed by atoms with Gasteiger partial charge in [-0.15, -0.1) is 0 Å². The highest BCUT2D eigenvalue weighted by Crippen LogP contribution is 2.30. The van der Waals surface area contributed by atoms with E-state index in [4.69, 9.17) is 4.98 Å². The van der Waals surface area contributed by atoms with Crippen molar-refractivity contribution in [2.45, 2.75) is 39.7 Å². The second-order valence-corrected chi connectivity index (χ2v) is 6.27. The number of benzene rings is 1. The summed E-state index contributed by atoms with van der Waals surface area (Å²) >= 11 is 0. The fourth-order valence-electron chi connectivity index (χ4n) is 3.19.